The van der Waals surface area contributed by atoms with Crippen molar-refractivity contribution in [3.63, 3.8) is 0 Å². The Hall–Kier alpha value is -3.26. The fourth-order valence-corrected chi connectivity index (χ4v) is 3.68. The Morgan fingerprint density at radius 1 is 1.00 bits per heavy atom. The van der Waals surface area contributed by atoms with E-state index in [1.807, 2.05) is 6.92 Å². The number of carbonyl (C=O) groups is 1. The van der Waals surface area contributed by atoms with Crippen LogP contribution in [-0.2, 0) is 10.0 Å². The average Bonchev–Trinajstić information content (AvgIpc) is 2.69. The van der Waals surface area contributed by atoms with Gasteiger partial charge in [0.15, 0.2) is 0 Å². The van der Waals surface area contributed by atoms with Crippen molar-refractivity contribution in [1.82, 2.24) is 10.3 Å². The highest BCUT2D eigenvalue weighted by Crippen LogP contribution is 2.21. The number of para-hydroxylation sites is 1. The number of halogens is 1. The molecule has 1 atom stereocenters. The second-order valence-corrected chi connectivity index (χ2v) is 7.76. The Bertz CT molecular complexity index is 1070. The number of nitrogens with zero attached hydrogens (tertiary/aromatic N) is 1. The molecule has 8 heteroatoms. The summed E-state index contributed by atoms with van der Waals surface area (Å²) in [5, 5.41) is 2.83. The molecule has 0 radical (unpaired) electrons. The number of rotatable bonds is 6. The smallest absolute Gasteiger partial charge is 0.261 e. The van der Waals surface area contributed by atoms with Crippen LogP contribution >= 0.6 is 0 Å². The number of amides is 1. The summed E-state index contributed by atoms with van der Waals surface area (Å²) < 4.78 is 40.6. The van der Waals surface area contributed by atoms with Gasteiger partial charge >= 0.3 is 0 Å². The Balaban J connectivity index is 1.83. The van der Waals surface area contributed by atoms with Gasteiger partial charge in [0.05, 0.1) is 22.2 Å². The van der Waals surface area contributed by atoms with E-state index in [-0.39, 0.29) is 22.2 Å². The van der Waals surface area contributed by atoms with Crippen LogP contribution in [0.2, 0.25) is 0 Å². The lowest BCUT2D eigenvalue weighted by atomic mass is 10.1. The van der Waals surface area contributed by atoms with Crippen molar-refractivity contribution >= 4 is 21.6 Å². The molecule has 0 saturated carbocycles. The van der Waals surface area contributed by atoms with Crippen LogP contribution in [0.3, 0.4) is 0 Å². The first-order valence-corrected chi connectivity index (χ1v) is 9.93. The zero-order chi connectivity index (χ0) is 20.1. The summed E-state index contributed by atoms with van der Waals surface area (Å²) in [7, 11) is -3.97. The van der Waals surface area contributed by atoms with E-state index in [4.69, 9.17) is 0 Å². The van der Waals surface area contributed by atoms with Crippen molar-refractivity contribution in [2.75, 3.05) is 4.72 Å². The minimum absolute atomic E-state index is 0.103. The highest BCUT2D eigenvalue weighted by molar-refractivity contribution is 7.92. The SMILES string of the molecule is CC(NC(=O)c1ccccc1NS(=O)(=O)c1ccc(F)cc1)c1ccncc1. The van der Waals surface area contributed by atoms with E-state index in [0.717, 1.165) is 29.8 Å². The third kappa shape index (κ3) is 4.52. The summed E-state index contributed by atoms with van der Waals surface area (Å²) in [6.45, 7) is 1.82. The molecule has 0 aliphatic rings. The van der Waals surface area contributed by atoms with Crippen molar-refractivity contribution in [2.45, 2.75) is 17.9 Å². The molecule has 3 aromatic rings. The van der Waals surface area contributed by atoms with Gasteiger partial charge in [-0.05, 0) is 61.0 Å². The molecule has 0 fully saturated rings. The first-order chi connectivity index (χ1) is 13.4. The van der Waals surface area contributed by atoms with Crippen molar-refractivity contribution in [3.05, 3.63) is 90.0 Å². The molecule has 0 bridgehead atoms. The van der Waals surface area contributed by atoms with Crippen LogP contribution in [0.4, 0.5) is 10.1 Å². The van der Waals surface area contributed by atoms with Crippen molar-refractivity contribution in [2.24, 2.45) is 0 Å². The summed E-state index contributed by atoms with van der Waals surface area (Å²) in [5.41, 5.74) is 1.17. The van der Waals surface area contributed by atoms with Gasteiger partial charge in [-0.2, -0.15) is 0 Å². The van der Waals surface area contributed by atoms with Gasteiger partial charge < -0.3 is 5.32 Å². The van der Waals surface area contributed by atoms with Gasteiger partial charge in [0.2, 0.25) is 0 Å². The third-order valence-electron chi connectivity index (χ3n) is 4.09. The quantitative estimate of drug-likeness (QED) is 0.664. The second-order valence-electron chi connectivity index (χ2n) is 6.08. The number of anilines is 1. The molecule has 0 spiro atoms. The second kappa shape index (κ2) is 8.18. The maximum atomic E-state index is 13.1. The predicted octanol–water partition coefficient (Wildman–Crippen LogP) is 3.51. The van der Waals surface area contributed by atoms with E-state index in [1.165, 1.54) is 12.1 Å². The fourth-order valence-electron chi connectivity index (χ4n) is 2.60. The largest absolute Gasteiger partial charge is 0.345 e. The van der Waals surface area contributed by atoms with Crippen molar-refractivity contribution < 1.29 is 17.6 Å². The van der Waals surface area contributed by atoms with E-state index in [0.29, 0.717) is 0 Å². The zero-order valence-corrected chi connectivity index (χ0v) is 15.8. The number of benzene rings is 2. The van der Waals surface area contributed by atoms with Crippen LogP contribution in [-0.4, -0.2) is 19.3 Å². The lowest BCUT2D eigenvalue weighted by Gasteiger charge is -2.16. The van der Waals surface area contributed by atoms with Crippen molar-refractivity contribution in [1.29, 1.82) is 0 Å². The highest BCUT2D eigenvalue weighted by Gasteiger charge is 2.20. The van der Waals surface area contributed by atoms with Crippen LogP contribution in [0, 0.1) is 5.82 Å². The molecular weight excluding hydrogens is 381 g/mol. The highest BCUT2D eigenvalue weighted by atomic mass is 32.2. The number of hydrogen-bond donors (Lipinski definition) is 2. The average molecular weight is 399 g/mol. The van der Waals surface area contributed by atoms with Crippen LogP contribution in [0.5, 0.6) is 0 Å². The summed E-state index contributed by atoms with van der Waals surface area (Å²) in [4.78, 5) is 16.5. The first kappa shape index (κ1) is 19.5. The standard InChI is InChI=1S/C20H18FN3O3S/c1-14(15-10-12-22-13-11-15)23-20(25)18-4-2-3-5-19(18)24-28(26,27)17-8-6-16(21)7-9-17/h2-14,24H,1H3,(H,23,25). The number of aromatic nitrogens is 1. The normalized spacial score (nSPS) is 12.2. The zero-order valence-electron chi connectivity index (χ0n) is 15.0. The van der Waals surface area contributed by atoms with Gasteiger partial charge in [-0.15, -0.1) is 0 Å². The number of pyridine rings is 1. The lowest BCUT2D eigenvalue weighted by Crippen LogP contribution is -2.28. The molecular formula is C20H18FN3O3S. The molecule has 1 unspecified atom stereocenters. The number of sulfonamides is 1. The Kier molecular flexibility index (Phi) is 5.70. The van der Waals surface area contributed by atoms with Crippen molar-refractivity contribution in [3.8, 4) is 0 Å². The van der Waals surface area contributed by atoms with E-state index >= 15 is 0 Å². The summed E-state index contributed by atoms with van der Waals surface area (Å²) in [5.74, 6) is -0.967. The van der Waals surface area contributed by atoms with Gasteiger partial charge in [-0.25, -0.2) is 12.8 Å². The molecule has 6 nitrogen and oxygen atoms in total. The predicted molar refractivity (Wildman–Crippen MR) is 104 cm³/mol. The minimum Gasteiger partial charge on any atom is -0.345 e. The van der Waals surface area contributed by atoms with Crippen LogP contribution in [0.1, 0.15) is 28.9 Å². The number of nitrogens with one attached hydrogen (secondary N) is 2. The molecule has 28 heavy (non-hydrogen) atoms. The van der Waals surface area contributed by atoms with Gasteiger partial charge in [0.25, 0.3) is 15.9 Å². The minimum atomic E-state index is -3.97. The van der Waals surface area contributed by atoms with E-state index in [2.05, 4.69) is 15.0 Å². The summed E-state index contributed by atoms with van der Waals surface area (Å²) >= 11 is 0. The summed E-state index contributed by atoms with van der Waals surface area (Å²) in [6, 6.07) is 14.0. The van der Waals surface area contributed by atoms with Gasteiger partial charge in [-0.1, -0.05) is 12.1 Å². The number of hydrogen-bond acceptors (Lipinski definition) is 4. The molecule has 2 aromatic carbocycles. The van der Waals surface area contributed by atoms with E-state index < -0.39 is 21.7 Å². The lowest BCUT2D eigenvalue weighted by molar-refractivity contribution is 0.0941. The van der Waals surface area contributed by atoms with Crippen LogP contribution in [0.25, 0.3) is 0 Å². The van der Waals surface area contributed by atoms with Gasteiger partial charge in [0.1, 0.15) is 5.82 Å². The number of carbonyl (C=O) groups excluding carboxylic acids is 1. The van der Waals surface area contributed by atoms with E-state index in [9.17, 15) is 17.6 Å². The molecule has 0 aliphatic heterocycles. The Morgan fingerprint density at radius 2 is 1.64 bits per heavy atom. The Labute approximate surface area is 162 Å². The third-order valence-corrected chi connectivity index (χ3v) is 5.48. The monoisotopic (exact) mass is 399 g/mol. The maximum absolute atomic E-state index is 13.1. The molecule has 3 rings (SSSR count). The molecule has 1 amide bonds. The molecule has 144 valence electrons. The topological polar surface area (TPSA) is 88.2 Å². The first-order valence-electron chi connectivity index (χ1n) is 8.45. The van der Waals surface area contributed by atoms with E-state index in [1.54, 1.807) is 36.7 Å². The van der Waals surface area contributed by atoms with Crippen LogP contribution in [0.15, 0.2) is 78.0 Å². The molecule has 1 heterocycles. The summed E-state index contributed by atoms with van der Waals surface area (Å²) in [6.07, 6.45) is 3.26. The molecule has 0 saturated heterocycles. The van der Waals surface area contributed by atoms with Crippen LogP contribution < -0.4 is 10.0 Å². The molecule has 1 aromatic heterocycles. The van der Waals surface area contributed by atoms with Gasteiger partial charge in [-0.3, -0.25) is 14.5 Å². The fraction of sp³-hybridized carbons (Fsp3) is 0.100. The molecule has 2 N–H and O–H groups in total. The van der Waals surface area contributed by atoms with Gasteiger partial charge in [0, 0.05) is 12.4 Å². The Morgan fingerprint density at radius 3 is 2.32 bits per heavy atom. The molecule has 0 aliphatic carbocycles. The maximum Gasteiger partial charge on any atom is 0.261 e.